The molecule has 0 spiro atoms. The van der Waals surface area contributed by atoms with E-state index in [4.69, 9.17) is 9.79 Å². The first-order chi connectivity index (χ1) is 5.06. The van der Waals surface area contributed by atoms with E-state index in [0.717, 1.165) is 37.1 Å². The van der Waals surface area contributed by atoms with Crippen molar-refractivity contribution in [3.63, 3.8) is 0 Å². The van der Waals surface area contributed by atoms with Crippen molar-refractivity contribution in [3.05, 3.63) is 0 Å². The Hall–Kier alpha value is 0.500. The van der Waals surface area contributed by atoms with E-state index in [9.17, 15) is 4.57 Å². The van der Waals surface area contributed by atoms with Gasteiger partial charge in [-0.3, -0.25) is 0 Å². The van der Waals surface area contributed by atoms with Crippen molar-refractivity contribution in [3.8, 4) is 0 Å². The highest BCUT2D eigenvalue weighted by Crippen LogP contribution is 2.50. The van der Waals surface area contributed by atoms with Gasteiger partial charge in [-0.15, -0.1) is 0 Å². The molecule has 0 radical (unpaired) electrons. The van der Waals surface area contributed by atoms with Crippen molar-refractivity contribution in [2.75, 3.05) is 5.75 Å². The Kier molecular flexibility index (Phi) is 6.34. The summed E-state index contributed by atoms with van der Waals surface area (Å²) >= 11 is 0.751. The van der Waals surface area contributed by atoms with Crippen LogP contribution in [0.2, 0.25) is 0 Å². The fourth-order valence-electron chi connectivity index (χ4n) is 0.712. The monoisotopic (exact) mass is 198 g/mol. The molecule has 0 atom stereocenters. The van der Waals surface area contributed by atoms with Gasteiger partial charge < -0.3 is 9.79 Å². The molecule has 68 valence electrons. The molecular weight excluding hydrogens is 183 g/mol. The molecule has 0 aromatic carbocycles. The van der Waals surface area contributed by atoms with Gasteiger partial charge in [-0.05, 0) is 17.8 Å². The first-order valence-corrected chi connectivity index (χ1v) is 6.96. The first kappa shape index (κ1) is 11.5. The van der Waals surface area contributed by atoms with Crippen LogP contribution in [0.5, 0.6) is 0 Å². The third-order valence-corrected chi connectivity index (χ3v) is 3.62. The van der Waals surface area contributed by atoms with Crippen LogP contribution in [0.25, 0.3) is 0 Å². The molecule has 0 aromatic heterocycles. The summed E-state index contributed by atoms with van der Waals surface area (Å²) in [5, 5.41) is 0. The summed E-state index contributed by atoms with van der Waals surface area (Å²) in [7, 11) is 0. The third kappa shape index (κ3) is 10.5. The number of hydrogen-bond donors (Lipinski definition) is 2. The lowest BCUT2D eigenvalue weighted by atomic mass is 10.2. The molecule has 0 aliphatic carbocycles. The molecule has 3 nitrogen and oxygen atoms in total. The van der Waals surface area contributed by atoms with Crippen molar-refractivity contribution < 1.29 is 14.4 Å². The fraction of sp³-hybridized carbons (Fsp3) is 1.00. The van der Waals surface area contributed by atoms with Crippen molar-refractivity contribution in [2.24, 2.45) is 0 Å². The standard InChI is InChI=1S/C6H15O3PS/c1-2-3-4-5-6-11-10(7,8)9/h2-6H2,1H3,(H2,7,8,9). The fourth-order valence-corrected chi connectivity index (χ4v) is 2.38. The average molecular weight is 198 g/mol. The van der Waals surface area contributed by atoms with Crippen molar-refractivity contribution in [1.29, 1.82) is 0 Å². The molecule has 5 heteroatoms. The molecule has 0 rings (SSSR count). The minimum absolute atomic E-state index is 0.574. The maximum Gasteiger partial charge on any atom is 0.383 e. The van der Waals surface area contributed by atoms with Crippen LogP contribution in [-0.4, -0.2) is 15.5 Å². The topological polar surface area (TPSA) is 57.5 Å². The van der Waals surface area contributed by atoms with E-state index in [0.29, 0.717) is 5.75 Å². The Labute approximate surface area is 71.5 Å². The zero-order valence-electron chi connectivity index (χ0n) is 6.69. The summed E-state index contributed by atoms with van der Waals surface area (Å²) in [6.45, 7) is -1.69. The molecule has 0 saturated carbocycles. The van der Waals surface area contributed by atoms with Gasteiger partial charge in [0.2, 0.25) is 0 Å². The highest BCUT2D eigenvalue weighted by molar-refractivity contribution is 8.54. The molecule has 0 fully saturated rings. The second-order valence-electron chi connectivity index (χ2n) is 2.38. The van der Waals surface area contributed by atoms with Gasteiger partial charge in [0.15, 0.2) is 0 Å². The average Bonchev–Trinajstić information content (AvgIpc) is 1.85. The molecule has 0 bridgehead atoms. The summed E-state index contributed by atoms with van der Waals surface area (Å²) < 4.78 is 10.3. The van der Waals surface area contributed by atoms with Gasteiger partial charge in [0.05, 0.1) is 0 Å². The van der Waals surface area contributed by atoms with Crippen LogP contribution in [0, 0.1) is 0 Å². The number of unbranched alkanes of at least 4 members (excludes halogenated alkanes) is 3. The smallest absolute Gasteiger partial charge is 0.317 e. The van der Waals surface area contributed by atoms with Crippen molar-refractivity contribution >= 4 is 18.2 Å². The first-order valence-electron chi connectivity index (χ1n) is 3.76. The summed E-state index contributed by atoms with van der Waals surface area (Å²) in [6, 6.07) is 0. The molecule has 0 heterocycles. The highest BCUT2D eigenvalue weighted by atomic mass is 32.7. The van der Waals surface area contributed by atoms with Gasteiger partial charge >= 0.3 is 6.80 Å². The van der Waals surface area contributed by atoms with Crippen LogP contribution < -0.4 is 0 Å². The Bertz CT molecular complexity index is 134. The summed E-state index contributed by atoms with van der Waals surface area (Å²) in [5.74, 6) is 0.574. The molecule has 0 aliphatic rings. The highest BCUT2D eigenvalue weighted by Gasteiger charge is 2.11. The zero-order chi connectivity index (χ0) is 8.74. The zero-order valence-corrected chi connectivity index (χ0v) is 8.40. The van der Waals surface area contributed by atoms with Crippen LogP contribution in [0.15, 0.2) is 0 Å². The quantitative estimate of drug-likeness (QED) is 0.508. The van der Waals surface area contributed by atoms with E-state index < -0.39 is 6.80 Å². The number of rotatable bonds is 6. The molecule has 0 aromatic rings. The van der Waals surface area contributed by atoms with E-state index >= 15 is 0 Å². The minimum atomic E-state index is -3.80. The van der Waals surface area contributed by atoms with Crippen LogP contribution in [0.1, 0.15) is 32.6 Å². The molecule has 0 unspecified atom stereocenters. The van der Waals surface area contributed by atoms with Crippen molar-refractivity contribution in [2.45, 2.75) is 32.6 Å². The Morgan fingerprint density at radius 1 is 1.27 bits per heavy atom. The Morgan fingerprint density at radius 3 is 2.36 bits per heavy atom. The summed E-state index contributed by atoms with van der Waals surface area (Å²) in [6.07, 6.45) is 4.29. The lowest BCUT2D eigenvalue weighted by Gasteiger charge is -2.01. The molecule has 0 saturated heterocycles. The van der Waals surface area contributed by atoms with E-state index in [2.05, 4.69) is 6.92 Å². The second-order valence-corrected chi connectivity index (χ2v) is 6.23. The van der Waals surface area contributed by atoms with E-state index in [-0.39, 0.29) is 0 Å². The minimum Gasteiger partial charge on any atom is -0.317 e. The Balaban J connectivity index is 3.09. The second kappa shape index (κ2) is 6.06. The Morgan fingerprint density at radius 2 is 1.91 bits per heavy atom. The van der Waals surface area contributed by atoms with E-state index in [1.807, 2.05) is 0 Å². The lowest BCUT2D eigenvalue weighted by molar-refractivity contribution is 0.397. The van der Waals surface area contributed by atoms with Crippen LogP contribution in [-0.2, 0) is 4.57 Å². The van der Waals surface area contributed by atoms with Gasteiger partial charge in [0.1, 0.15) is 0 Å². The molecule has 0 amide bonds. The third-order valence-electron chi connectivity index (χ3n) is 1.26. The van der Waals surface area contributed by atoms with Crippen molar-refractivity contribution in [1.82, 2.24) is 0 Å². The van der Waals surface area contributed by atoms with Crippen LogP contribution in [0.4, 0.5) is 0 Å². The molecular formula is C6H15O3PS. The predicted molar refractivity (Wildman–Crippen MR) is 48.6 cm³/mol. The largest absolute Gasteiger partial charge is 0.383 e. The van der Waals surface area contributed by atoms with Gasteiger partial charge in [0.25, 0.3) is 0 Å². The summed E-state index contributed by atoms with van der Waals surface area (Å²) in [4.78, 5) is 16.9. The summed E-state index contributed by atoms with van der Waals surface area (Å²) in [5.41, 5.74) is 0. The molecule has 0 aliphatic heterocycles. The van der Waals surface area contributed by atoms with Crippen LogP contribution >= 0.6 is 18.2 Å². The SMILES string of the molecule is CCCCCCSP(=O)(O)O. The van der Waals surface area contributed by atoms with Crippen LogP contribution in [0.3, 0.4) is 0 Å². The van der Waals surface area contributed by atoms with Gasteiger partial charge in [-0.25, -0.2) is 4.57 Å². The van der Waals surface area contributed by atoms with E-state index in [1.165, 1.54) is 0 Å². The molecule has 2 N–H and O–H groups in total. The lowest BCUT2D eigenvalue weighted by Crippen LogP contribution is -1.80. The van der Waals surface area contributed by atoms with Gasteiger partial charge in [0, 0.05) is 5.75 Å². The van der Waals surface area contributed by atoms with Gasteiger partial charge in [-0.2, -0.15) is 0 Å². The maximum absolute atomic E-state index is 10.3. The predicted octanol–water partition coefficient (Wildman–Crippen LogP) is 2.39. The van der Waals surface area contributed by atoms with E-state index in [1.54, 1.807) is 0 Å². The number of hydrogen-bond acceptors (Lipinski definition) is 2. The van der Waals surface area contributed by atoms with Gasteiger partial charge in [-0.1, -0.05) is 26.2 Å². The normalized spacial score (nSPS) is 11.9. The maximum atomic E-state index is 10.3. The molecule has 11 heavy (non-hydrogen) atoms.